The van der Waals surface area contributed by atoms with Gasteiger partial charge in [-0.15, -0.1) is 0 Å². The van der Waals surface area contributed by atoms with Crippen LogP contribution in [-0.4, -0.2) is 39.7 Å². The first kappa shape index (κ1) is 14.4. The molecule has 0 bridgehead atoms. The summed E-state index contributed by atoms with van der Waals surface area (Å²) in [6.45, 7) is 2.10. The first-order valence-electron chi connectivity index (χ1n) is 5.28. The molecule has 0 fully saturated rings. The molecule has 8 heteroatoms. The maximum Gasteiger partial charge on any atom is 0.290 e. The SMILES string of the molecule is CN=S(C)(=O)CCNc1cc(C)c([N+](=O)[O-])cn1. The van der Waals surface area contributed by atoms with Gasteiger partial charge in [-0.25, -0.2) is 13.6 Å². The van der Waals surface area contributed by atoms with E-state index in [2.05, 4.69) is 14.7 Å². The van der Waals surface area contributed by atoms with Gasteiger partial charge < -0.3 is 5.32 Å². The molecule has 0 saturated carbocycles. The van der Waals surface area contributed by atoms with E-state index in [0.717, 1.165) is 0 Å². The lowest BCUT2D eigenvalue weighted by Gasteiger charge is -2.07. The molecule has 7 nitrogen and oxygen atoms in total. The molecule has 0 aliphatic rings. The van der Waals surface area contributed by atoms with Gasteiger partial charge in [0.1, 0.15) is 12.0 Å². The molecule has 0 aromatic carbocycles. The number of hydrogen-bond donors (Lipinski definition) is 1. The highest BCUT2D eigenvalue weighted by Crippen LogP contribution is 2.18. The second-order valence-electron chi connectivity index (χ2n) is 3.89. The summed E-state index contributed by atoms with van der Waals surface area (Å²) in [4.78, 5) is 14.1. The minimum atomic E-state index is -2.14. The van der Waals surface area contributed by atoms with Crippen molar-refractivity contribution in [1.29, 1.82) is 0 Å². The summed E-state index contributed by atoms with van der Waals surface area (Å²) in [6.07, 6.45) is 2.80. The normalized spacial score (nSPS) is 13.7. The zero-order valence-corrected chi connectivity index (χ0v) is 11.4. The molecule has 18 heavy (non-hydrogen) atoms. The molecular weight excluding hydrogens is 256 g/mol. The molecular formula is C10H16N4O3S. The van der Waals surface area contributed by atoms with E-state index in [0.29, 0.717) is 23.7 Å². The lowest BCUT2D eigenvalue weighted by atomic mass is 10.2. The Bertz CT molecular complexity index is 564. The molecule has 0 aliphatic carbocycles. The summed E-state index contributed by atoms with van der Waals surface area (Å²) in [6, 6.07) is 1.60. The smallest absolute Gasteiger partial charge is 0.290 e. The van der Waals surface area contributed by atoms with Crippen molar-refractivity contribution in [3.05, 3.63) is 27.9 Å². The van der Waals surface area contributed by atoms with Crippen LogP contribution in [0.1, 0.15) is 5.56 Å². The number of aryl methyl sites for hydroxylation is 1. The summed E-state index contributed by atoms with van der Waals surface area (Å²) in [7, 11) is -0.620. The highest BCUT2D eigenvalue weighted by Gasteiger charge is 2.11. The summed E-state index contributed by atoms with van der Waals surface area (Å²) < 4.78 is 15.4. The van der Waals surface area contributed by atoms with E-state index in [9.17, 15) is 14.3 Å². The van der Waals surface area contributed by atoms with E-state index in [1.807, 2.05) is 0 Å². The second kappa shape index (κ2) is 5.76. The lowest BCUT2D eigenvalue weighted by Crippen LogP contribution is -2.14. The summed E-state index contributed by atoms with van der Waals surface area (Å²) >= 11 is 0. The van der Waals surface area contributed by atoms with Crippen LogP contribution >= 0.6 is 0 Å². The van der Waals surface area contributed by atoms with Gasteiger partial charge in [0.15, 0.2) is 0 Å². The van der Waals surface area contributed by atoms with Gasteiger partial charge in [0, 0.05) is 40.9 Å². The van der Waals surface area contributed by atoms with Crippen molar-refractivity contribution in [3.8, 4) is 0 Å². The number of anilines is 1. The highest BCUT2D eigenvalue weighted by molar-refractivity contribution is 7.92. The summed E-state index contributed by atoms with van der Waals surface area (Å²) in [5, 5.41) is 13.6. The minimum Gasteiger partial charge on any atom is -0.369 e. The van der Waals surface area contributed by atoms with Crippen molar-refractivity contribution in [2.24, 2.45) is 4.36 Å². The van der Waals surface area contributed by atoms with Gasteiger partial charge in [-0.2, -0.15) is 0 Å². The van der Waals surface area contributed by atoms with E-state index >= 15 is 0 Å². The van der Waals surface area contributed by atoms with Gasteiger partial charge in [-0.1, -0.05) is 0 Å². The van der Waals surface area contributed by atoms with Crippen molar-refractivity contribution in [3.63, 3.8) is 0 Å². The van der Waals surface area contributed by atoms with E-state index < -0.39 is 14.7 Å². The molecule has 100 valence electrons. The quantitative estimate of drug-likeness (QED) is 0.646. The molecule has 0 saturated heterocycles. The van der Waals surface area contributed by atoms with Crippen LogP contribution in [0.25, 0.3) is 0 Å². The first-order valence-corrected chi connectivity index (χ1v) is 7.38. The Kier molecular flexibility index (Phi) is 4.60. The maximum absolute atomic E-state index is 11.6. The predicted molar refractivity (Wildman–Crippen MR) is 71.4 cm³/mol. The molecule has 1 N–H and O–H groups in total. The molecule has 1 aromatic rings. The highest BCUT2D eigenvalue weighted by atomic mass is 32.2. The Labute approximate surface area is 106 Å². The third-order valence-corrected chi connectivity index (χ3v) is 4.19. The van der Waals surface area contributed by atoms with Crippen molar-refractivity contribution in [1.82, 2.24) is 4.98 Å². The monoisotopic (exact) mass is 272 g/mol. The number of hydrogen-bond acceptors (Lipinski definition) is 6. The Morgan fingerprint density at radius 2 is 2.28 bits per heavy atom. The first-order chi connectivity index (χ1) is 8.35. The van der Waals surface area contributed by atoms with Crippen LogP contribution in [0.3, 0.4) is 0 Å². The number of rotatable bonds is 5. The lowest BCUT2D eigenvalue weighted by molar-refractivity contribution is -0.385. The van der Waals surface area contributed by atoms with Gasteiger partial charge in [-0.05, 0) is 13.0 Å². The zero-order chi connectivity index (χ0) is 13.8. The minimum absolute atomic E-state index is 0.0107. The van der Waals surface area contributed by atoms with Crippen LogP contribution in [0.2, 0.25) is 0 Å². The van der Waals surface area contributed by atoms with E-state index in [4.69, 9.17) is 0 Å². The fourth-order valence-corrected chi connectivity index (χ4v) is 1.96. The average Bonchev–Trinajstić information content (AvgIpc) is 2.28. The van der Waals surface area contributed by atoms with Gasteiger partial charge in [0.05, 0.1) is 4.92 Å². The van der Waals surface area contributed by atoms with Gasteiger partial charge in [0.2, 0.25) is 0 Å². The fraction of sp³-hybridized carbons (Fsp3) is 0.500. The third kappa shape index (κ3) is 3.95. The number of nitro groups is 1. The molecule has 0 aliphatic heterocycles. The average molecular weight is 272 g/mol. The Morgan fingerprint density at radius 1 is 1.61 bits per heavy atom. The molecule has 0 amide bonds. The van der Waals surface area contributed by atoms with Crippen LogP contribution < -0.4 is 5.32 Å². The van der Waals surface area contributed by atoms with E-state index in [-0.39, 0.29) is 5.69 Å². The molecule has 1 atom stereocenters. The van der Waals surface area contributed by atoms with Crippen LogP contribution in [-0.2, 0) is 9.73 Å². The number of nitrogens with one attached hydrogen (secondary N) is 1. The summed E-state index contributed by atoms with van der Waals surface area (Å²) in [5.41, 5.74) is 0.526. The maximum atomic E-state index is 11.6. The second-order valence-corrected chi connectivity index (χ2v) is 6.58. The summed E-state index contributed by atoms with van der Waals surface area (Å²) in [5.74, 6) is 0.936. The Hall–Kier alpha value is -1.70. The predicted octanol–water partition coefficient (Wildman–Crippen LogP) is 1.44. The zero-order valence-electron chi connectivity index (χ0n) is 10.5. The van der Waals surface area contributed by atoms with Crippen molar-refractivity contribution in [2.45, 2.75) is 6.92 Å². The number of aromatic nitrogens is 1. The molecule has 0 spiro atoms. The largest absolute Gasteiger partial charge is 0.369 e. The number of nitrogens with zero attached hydrogens (tertiary/aromatic N) is 3. The molecule has 1 rings (SSSR count). The topological polar surface area (TPSA) is 97.5 Å². The Morgan fingerprint density at radius 3 is 2.78 bits per heavy atom. The van der Waals surface area contributed by atoms with Crippen molar-refractivity contribution >= 4 is 21.2 Å². The van der Waals surface area contributed by atoms with Gasteiger partial charge in [0.25, 0.3) is 5.69 Å². The van der Waals surface area contributed by atoms with Crippen LogP contribution in [0.15, 0.2) is 16.6 Å². The van der Waals surface area contributed by atoms with Crippen molar-refractivity contribution < 1.29 is 9.13 Å². The number of pyridine rings is 1. The molecule has 1 heterocycles. The van der Waals surface area contributed by atoms with E-state index in [1.54, 1.807) is 19.2 Å². The molecule has 1 unspecified atom stereocenters. The van der Waals surface area contributed by atoms with Gasteiger partial charge >= 0.3 is 0 Å². The van der Waals surface area contributed by atoms with Gasteiger partial charge in [-0.3, -0.25) is 10.1 Å². The van der Waals surface area contributed by atoms with Crippen LogP contribution in [0.5, 0.6) is 0 Å². The Balaban J connectivity index is 2.68. The van der Waals surface area contributed by atoms with Crippen LogP contribution in [0, 0.1) is 17.0 Å². The molecule has 1 aromatic heterocycles. The third-order valence-electron chi connectivity index (χ3n) is 2.45. The fourth-order valence-electron chi connectivity index (χ4n) is 1.30. The standard InChI is InChI=1S/C10H16N4O3S/c1-8-6-10(13-7-9(8)14(15)16)12-4-5-18(3,17)11-2/h6-7H,4-5H2,1-3H3,(H,12,13). The van der Waals surface area contributed by atoms with Crippen molar-refractivity contribution in [2.75, 3.05) is 30.9 Å². The van der Waals surface area contributed by atoms with Crippen LogP contribution in [0.4, 0.5) is 11.5 Å². The molecule has 0 radical (unpaired) electrons. The van der Waals surface area contributed by atoms with E-state index in [1.165, 1.54) is 13.2 Å².